The highest BCUT2D eigenvalue weighted by molar-refractivity contribution is 8.02. The minimum Gasteiger partial charge on any atom is -0.358 e. The van der Waals surface area contributed by atoms with Crippen LogP contribution in [0, 0.1) is 0 Å². The molecule has 1 aromatic heterocycles. The summed E-state index contributed by atoms with van der Waals surface area (Å²) in [4.78, 5) is 12.6. The Bertz CT molecular complexity index is 702. The molecule has 1 amide bonds. The molecular weight excluding hydrogens is 352 g/mol. The van der Waals surface area contributed by atoms with E-state index in [1.165, 1.54) is 28.7 Å². The van der Waals surface area contributed by atoms with Gasteiger partial charge in [-0.05, 0) is 44.7 Å². The van der Waals surface area contributed by atoms with Gasteiger partial charge in [-0.2, -0.15) is 0 Å². The molecule has 0 unspecified atom stereocenters. The minimum atomic E-state index is -0.246. The fourth-order valence-electron chi connectivity index (χ4n) is 2.26. The molecule has 2 rings (SSSR count). The summed E-state index contributed by atoms with van der Waals surface area (Å²) in [5.74, 6) is 0.390. The van der Waals surface area contributed by atoms with E-state index in [9.17, 15) is 4.79 Å². The van der Waals surface area contributed by atoms with Crippen LogP contribution >= 0.6 is 23.1 Å². The molecule has 2 N–H and O–H groups in total. The van der Waals surface area contributed by atoms with Crippen LogP contribution in [0.25, 0.3) is 0 Å². The summed E-state index contributed by atoms with van der Waals surface area (Å²) in [6.07, 6.45) is 1.04. The quantitative estimate of drug-likeness (QED) is 0.633. The number of amides is 1. The number of hydrogen-bond acceptors (Lipinski definition) is 6. The standard InChI is InChI=1S/C18H26N4OS2/c1-6-12(4)14-9-7-8-10-15(14)20-16(23)13(5)24-18-22-21-17(25-18)19-11(2)3/h7-13H,6H2,1-5H3,(H,19,21)(H,20,23)/t12-,13+/m1/s1. The summed E-state index contributed by atoms with van der Waals surface area (Å²) < 4.78 is 0.793. The number of nitrogens with zero attached hydrogens (tertiary/aromatic N) is 2. The van der Waals surface area contributed by atoms with Gasteiger partial charge in [0.15, 0.2) is 4.34 Å². The first-order valence-electron chi connectivity index (χ1n) is 8.57. The first-order valence-corrected chi connectivity index (χ1v) is 10.3. The zero-order chi connectivity index (χ0) is 18.4. The van der Waals surface area contributed by atoms with E-state index in [1.54, 1.807) is 0 Å². The van der Waals surface area contributed by atoms with E-state index < -0.39 is 0 Å². The maximum atomic E-state index is 12.6. The number of hydrogen-bond donors (Lipinski definition) is 2. The van der Waals surface area contributed by atoms with Gasteiger partial charge < -0.3 is 10.6 Å². The van der Waals surface area contributed by atoms with Crippen LogP contribution in [0.3, 0.4) is 0 Å². The molecule has 1 aromatic carbocycles. The largest absolute Gasteiger partial charge is 0.358 e. The summed E-state index contributed by atoms with van der Waals surface area (Å²) in [6.45, 7) is 10.3. The first kappa shape index (κ1) is 19.7. The van der Waals surface area contributed by atoms with Crippen molar-refractivity contribution in [1.29, 1.82) is 0 Å². The lowest BCUT2D eigenvalue weighted by Gasteiger charge is -2.17. The number of carbonyl (C=O) groups excluding carboxylic acids is 1. The summed E-state index contributed by atoms with van der Waals surface area (Å²) in [5, 5.41) is 15.1. The highest BCUT2D eigenvalue weighted by Crippen LogP contribution is 2.31. The van der Waals surface area contributed by atoms with E-state index in [0.29, 0.717) is 12.0 Å². The summed E-state index contributed by atoms with van der Waals surface area (Å²) in [7, 11) is 0. The lowest BCUT2D eigenvalue weighted by molar-refractivity contribution is -0.115. The molecule has 0 spiro atoms. The third-order valence-electron chi connectivity index (χ3n) is 3.83. The van der Waals surface area contributed by atoms with Crippen molar-refractivity contribution >= 4 is 39.8 Å². The van der Waals surface area contributed by atoms with Gasteiger partial charge in [-0.15, -0.1) is 10.2 Å². The number of nitrogens with one attached hydrogen (secondary N) is 2. The van der Waals surface area contributed by atoms with E-state index in [-0.39, 0.29) is 11.2 Å². The third kappa shape index (κ3) is 5.71. The molecule has 0 aliphatic carbocycles. The molecule has 0 saturated heterocycles. The maximum Gasteiger partial charge on any atom is 0.237 e. The highest BCUT2D eigenvalue weighted by Gasteiger charge is 2.19. The van der Waals surface area contributed by atoms with Crippen LogP contribution in [0.2, 0.25) is 0 Å². The Morgan fingerprint density at radius 1 is 1.20 bits per heavy atom. The molecule has 2 atom stereocenters. The SMILES string of the molecule is CC[C@@H](C)c1ccccc1NC(=O)[C@H](C)Sc1nnc(NC(C)C)s1. The van der Waals surface area contributed by atoms with E-state index in [1.807, 2.05) is 25.1 Å². The average molecular weight is 379 g/mol. The van der Waals surface area contributed by atoms with Gasteiger partial charge in [0.25, 0.3) is 0 Å². The Morgan fingerprint density at radius 3 is 2.60 bits per heavy atom. The molecule has 0 saturated carbocycles. The lowest BCUT2D eigenvalue weighted by Crippen LogP contribution is -2.23. The second-order valence-corrected chi connectivity index (χ2v) is 8.88. The summed E-state index contributed by atoms with van der Waals surface area (Å²) in [6, 6.07) is 8.32. The van der Waals surface area contributed by atoms with Gasteiger partial charge in [0, 0.05) is 11.7 Å². The van der Waals surface area contributed by atoms with Crippen LogP contribution in [-0.4, -0.2) is 27.4 Å². The molecule has 2 aromatic rings. The normalized spacial score (nSPS) is 13.5. The molecule has 0 radical (unpaired) electrons. The first-order chi connectivity index (χ1) is 11.9. The summed E-state index contributed by atoms with van der Waals surface area (Å²) in [5.41, 5.74) is 2.07. The molecule has 0 aliphatic heterocycles. The van der Waals surface area contributed by atoms with Crippen molar-refractivity contribution in [1.82, 2.24) is 10.2 Å². The van der Waals surface area contributed by atoms with Crippen molar-refractivity contribution in [2.75, 3.05) is 10.6 Å². The van der Waals surface area contributed by atoms with Gasteiger partial charge in [0.05, 0.1) is 5.25 Å². The van der Waals surface area contributed by atoms with Crippen molar-refractivity contribution in [3.05, 3.63) is 29.8 Å². The van der Waals surface area contributed by atoms with Crippen LogP contribution in [0.5, 0.6) is 0 Å². The number of aromatic nitrogens is 2. The van der Waals surface area contributed by atoms with Crippen molar-refractivity contribution in [2.45, 2.75) is 62.6 Å². The van der Waals surface area contributed by atoms with Crippen molar-refractivity contribution in [3.63, 3.8) is 0 Å². The second-order valence-electron chi connectivity index (χ2n) is 6.32. The van der Waals surface area contributed by atoms with Crippen LogP contribution in [0.1, 0.15) is 52.5 Å². The number of rotatable bonds is 8. The van der Waals surface area contributed by atoms with Crippen LogP contribution < -0.4 is 10.6 Å². The van der Waals surface area contributed by atoms with E-state index in [0.717, 1.165) is 21.6 Å². The highest BCUT2D eigenvalue weighted by atomic mass is 32.2. The van der Waals surface area contributed by atoms with Gasteiger partial charge in [-0.1, -0.05) is 55.1 Å². The van der Waals surface area contributed by atoms with Gasteiger partial charge >= 0.3 is 0 Å². The monoisotopic (exact) mass is 378 g/mol. The Balaban J connectivity index is 2.00. The predicted molar refractivity (Wildman–Crippen MR) is 108 cm³/mol. The third-order valence-corrected chi connectivity index (χ3v) is 5.87. The van der Waals surface area contributed by atoms with Gasteiger partial charge in [-0.25, -0.2) is 0 Å². The number of para-hydroxylation sites is 1. The number of anilines is 2. The fourth-order valence-corrected chi connectivity index (χ4v) is 4.30. The molecule has 25 heavy (non-hydrogen) atoms. The van der Waals surface area contributed by atoms with Crippen LogP contribution in [0.15, 0.2) is 28.6 Å². The lowest BCUT2D eigenvalue weighted by atomic mass is 9.97. The number of benzene rings is 1. The maximum absolute atomic E-state index is 12.6. The number of carbonyl (C=O) groups is 1. The predicted octanol–water partition coefficient (Wildman–Crippen LogP) is 4.99. The number of thioether (sulfide) groups is 1. The van der Waals surface area contributed by atoms with Crippen molar-refractivity contribution < 1.29 is 4.79 Å². The molecule has 1 heterocycles. The van der Waals surface area contributed by atoms with E-state index in [4.69, 9.17) is 0 Å². The van der Waals surface area contributed by atoms with E-state index >= 15 is 0 Å². The Kier molecular flexibility index (Phi) is 7.25. The zero-order valence-electron chi connectivity index (χ0n) is 15.4. The zero-order valence-corrected chi connectivity index (χ0v) is 17.0. The molecule has 7 heteroatoms. The molecular formula is C18H26N4OS2. The van der Waals surface area contributed by atoms with Crippen LogP contribution in [-0.2, 0) is 4.79 Å². The Hall–Kier alpha value is -1.60. The van der Waals surface area contributed by atoms with Gasteiger partial charge in [-0.3, -0.25) is 4.79 Å². The fraction of sp³-hybridized carbons (Fsp3) is 0.500. The topological polar surface area (TPSA) is 66.9 Å². The molecule has 0 bridgehead atoms. The Labute approximate surface area is 158 Å². The Morgan fingerprint density at radius 2 is 1.92 bits per heavy atom. The summed E-state index contributed by atoms with van der Waals surface area (Å²) >= 11 is 2.91. The molecule has 0 fully saturated rings. The van der Waals surface area contributed by atoms with Gasteiger partial charge in [0.2, 0.25) is 11.0 Å². The average Bonchev–Trinajstić information content (AvgIpc) is 3.00. The van der Waals surface area contributed by atoms with E-state index in [2.05, 4.69) is 54.6 Å². The van der Waals surface area contributed by atoms with Gasteiger partial charge in [0.1, 0.15) is 0 Å². The molecule has 5 nitrogen and oxygen atoms in total. The van der Waals surface area contributed by atoms with Crippen LogP contribution in [0.4, 0.5) is 10.8 Å². The second kappa shape index (κ2) is 9.20. The van der Waals surface area contributed by atoms with Crippen molar-refractivity contribution in [2.24, 2.45) is 0 Å². The van der Waals surface area contributed by atoms with Crippen molar-refractivity contribution in [3.8, 4) is 0 Å². The smallest absolute Gasteiger partial charge is 0.237 e. The molecule has 0 aliphatic rings. The molecule has 136 valence electrons. The minimum absolute atomic E-state index is 0.0191.